The van der Waals surface area contributed by atoms with Crippen molar-refractivity contribution in [3.05, 3.63) is 47.3 Å². The van der Waals surface area contributed by atoms with Gasteiger partial charge in [-0.2, -0.15) is 15.1 Å². The van der Waals surface area contributed by atoms with Crippen molar-refractivity contribution in [3.8, 4) is 11.8 Å². The molecule has 0 unspecified atom stereocenters. The zero-order chi connectivity index (χ0) is 25.5. The second-order valence-corrected chi connectivity index (χ2v) is 9.57. The van der Waals surface area contributed by atoms with Crippen LogP contribution in [0.3, 0.4) is 0 Å². The molecule has 2 aliphatic rings. The Hall–Kier alpha value is -3.77. The molecule has 1 aliphatic heterocycles. The van der Waals surface area contributed by atoms with Gasteiger partial charge in [-0.05, 0) is 25.8 Å². The van der Waals surface area contributed by atoms with Crippen LogP contribution in [0, 0.1) is 18.6 Å². The molecule has 3 aromatic heterocycles. The molecule has 12 heteroatoms. The van der Waals surface area contributed by atoms with E-state index in [9.17, 15) is 9.50 Å². The summed E-state index contributed by atoms with van der Waals surface area (Å²) in [5.41, 5.74) is 1.80. The smallest absolute Gasteiger partial charge is 0.326 e. The van der Waals surface area contributed by atoms with Crippen molar-refractivity contribution in [2.45, 2.75) is 25.7 Å². The van der Waals surface area contributed by atoms with Crippen LogP contribution in [0.5, 0.6) is 11.8 Å². The first-order chi connectivity index (χ1) is 18.0. The average Bonchev–Trinajstić information content (AvgIpc) is 3.50. The van der Waals surface area contributed by atoms with Crippen molar-refractivity contribution in [1.82, 2.24) is 30.0 Å². The number of aliphatic hydroxyl groups excluding tert-OH is 1. The van der Waals surface area contributed by atoms with E-state index < -0.39 is 11.6 Å². The van der Waals surface area contributed by atoms with Gasteiger partial charge >= 0.3 is 6.01 Å². The summed E-state index contributed by atoms with van der Waals surface area (Å²) in [6.45, 7) is 5.34. The van der Waals surface area contributed by atoms with Crippen LogP contribution < -0.4 is 15.0 Å². The maximum atomic E-state index is 15.2. The Bertz CT molecular complexity index is 1430. The minimum atomic E-state index is -0.691. The predicted molar refractivity (Wildman–Crippen MR) is 135 cm³/mol. The van der Waals surface area contributed by atoms with Crippen molar-refractivity contribution in [2.24, 2.45) is 0 Å². The molecule has 4 aromatic rings. The van der Waals surface area contributed by atoms with Gasteiger partial charge in [-0.15, -0.1) is 0 Å². The lowest BCUT2D eigenvalue weighted by Crippen LogP contribution is -2.47. The van der Waals surface area contributed by atoms with Gasteiger partial charge in [-0.1, -0.05) is 0 Å². The number of hydrogen-bond acceptors (Lipinski definition) is 8. The number of aromatic nitrogens is 5. The Morgan fingerprint density at radius 3 is 2.65 bits per heavy atom. The highest BCUT2D eigenvalue weighted by atomic mass is 19.1. The van der Waals surface area contributed by atoms with Gasteiger partial charge in [0, 0.05) is 73.6 Å². The highest BCUT2D eigenvalue weighted by molar-refractivity contribution is 5.83. The molecule has 0 radical (unpaired) electrons. The number of benzene rings is 1. The molecule has 1 aromatic carbocycles. The van der Waals surface area contributed by atoms with Crippen molar-refractivity contribution in [2.75, 3.05) is 49.5 Å². The number of β-amino-alcohol motifs (C(OH)–C–C–N with tert-alkyl or cyclic N) is 1. The van der Waals surface area contributed by atoms with Gasteiger partial charge in [0.1, 0.15) is 11.6 Å². The number of H-pyrrole nitrogens is 2. The van der Waals surface area contributed by atoms with E-state index in [2.05, 4.69) is 40.3 Å². The molecule has 4 N–H and O–H groups in total. The predicted octanol–water partition coefficient (Wildman–Crippen LogP) is 3.80. The number of hydrogen-bond donors (Lipinski definition) is 4. The molecule has 4 heterocycles. The Balaban J connectivity index is 1.31. The van der Waals surface area contributed by atoms with Gasteiger partial charge in [0.05, 0.1) is 12.1 Å². The topological polar surface area (TPSA) is 118 Å². The van der Waals surface area contributed by atoms with Crippen molar-refractivity contribution in [1.29, 1.82) is 0 Å². The molecule has 0 spiro atoms. The summed E-state index contributed by atoms with van der Waals surface area (Å²) < 4.78 is 35.6. The van der Waals surface area contributed by atoms with E-state index >= 15 is 4.39 Å². The van der Waals surface area contributed by atoms with Gasteiger partial charge < -0.3 is 25.0 Å². The number of ether oxygens (including phenoxy) is 1. The van der Waals surface area contributed by atoms with Crippen molar-refractivity contribution < 1.29 is 18.6 Å². The number of anilines is 3. The van der Waals surface area contributed by atoms with E-state index in [4.69, 9.17) is 4.74 Å². The van der Waals surface area contributed by atoms with Crippen LogP contribution in [0.1, 0.15) is 30.1 Å². The summed E-state index contributed by atoms with van der Waals surface area (Å²) in [7, 11) is 0. The molecule has 6 rings (SSSR count). The van der Waals surface area contributed by atoms with Crippen LogP contribution in [0.4, 0.5) is 26.2 Å². The van der Waals surface area contributed by atoms with E-state index in [1.807, 2.05) is 6.07 Å². The summed E-state index contributed by atoms with van der Waals surface area (Å²) in [6, 6.07) is 6.16. The molecule has 1 saturated carbocycles. The number of piperazine rings is 1. The number of rotatable bonds is 8. The number of nitrogens with one attached hydrogen (secondary N) is 3. The summed E-state index contributed by atoms with van der Waals surface area (Å²) in [5.74, 6) is 0.520. The Kier molecular flexibility index (Phi) is 6.13. The Labute approximate surface area is 211 Å². The molecule has 194 valence electrons. The van der Waals surface area contributed by atoms with E-state index in [0.717, 1.165) is 37.7 Å². The summed E-state index contributed by atoms with van der Waals surface area (Å²) >= 11 is 0. The van der Waals surface area contributed by atoms with Crippen LogP contribution >= 0.6 is 0 Å². The number of aliphatic hydroxyl groups is 1. The molecule has 0 bridgehead atoms. The molecular formula is C25H28F2N8O2. The van der Waals surface area contributed by atoms with Crippen LogP contribution in [0.2, 0.25) is 0 Å². The molecule has 10 nitrogen and oxygen atoms in total. The molecular weight excluding hydrogens is 482 g/mol. The van der Waals surface area contributed by atoms with E-state index in [1.165, 1.54) is 6.07 Å². The first kappa shape index (κ1) is 23.6. The quantitative estimate of drug-likeness (QED) is 0.283. The van der Waals surface area contributed by atoms with Crippen LogP contribution in [0.25, 0.3) is 10.9 Å². The van der Waals surface area contributed by atoms with Gasteiger partial charge in [0.15, 0.2) is 23.2 Å². The van der Waals surface area contributed by atoms with Gasteiger partial charge in [-0.3, -0.25) is 10.00 Å². The zero-order valence-corrected chi connectivity index (χ0v) is 20.4. The fourth-order valence-electron chi connectivity index (χ4n) is 4.67. The fraction of sp³-hybridized carbons (Fsp3) is 0.400. The van der Waals surface area contributed by atoms with Crippen LogP contribution in [0.15, 0.2) is 24.3 Å². The van der Waals surface area contributed by atoms with Crippen molar-refractivity contribution in [3.63, 3.8) is 0 Å². The number of nitrogens with zero attached hydrogens (tertiary/aromatic N) is 5. The molecule has 1 saturated heterocycles. The largest absolute Gasteiger partial charge is 0.421 e. The minimum Gasteiger partial charge on any atom is -0.421 e. The van der Waals surface area contributed by atoms with Crippen molar-refractivity contribution >= 4 is 28.4 Å². The SMILES string of the molecule is Cc1cc2c(F)c(Oc3nc(Nc4cc(C5CC5)[nH]n4)cc(N4CCN(CCO)CC4)n3)cc(F)c2[nH]1. The number of halogens is 2. The van der Waals surface area contributed by atoms with E-state index in [0.29, 0.717) is 48.7 Å². The maximum Gasteiger partial charge on any atom is 0.326 e. The third kappa shape index (κ3) is 4.94. The zero-order valence-electron chi connectivity index (χ0n) is 20.4. The summed E-state index contributed by atoms with van der Waals surface area (Å²) in [5, 5.41) is 19.9. The second kappa shape index (κ2) is 9.60. The first-order valence-corrected chi connectivity index (χ1v) is 12.4. The summed E-state index contributed by atoms with van der Waals surface area (Å²) in [6.07, 6.45) is 2.29. The standard InChI is InChI=1S/C25H28F2N8O2/c1-14-10-16-23(27)19(11-17(26)24(16)28-14)37-25-30-20(29-21-12-18(32-33-21)15-2-3-15)13-22(31-25)35-6-4-34(5-7-35)8-9-36/h10-13,15,28,36H,2-9H2,1H3,(H2,29,30,31,32,33). The molecule has 0 atom stereocenters. The molecule has 0 amide bonds. The lowest BCUT2D eigenvalue weighted by Gasteiger charge is -2.35. The molecule has 2 fully saturated rings. The number of aryl methyl sites for hydroxylation is 1. The monoisotopic (exact) mass is 510 g/mol. The van der Waals surface area contributed by atoms with Gasteiger partial charge in [0.2, 0.25) is 0 Å². The minimum absolute atomic E-state index is 0.0881. The Morgan fingerprint density at radius 1 is 1.08 bits per heavy atom. The molecule has 37 heavy (non-hydrogen) atoms. The van der Waals surface area contributed by atoms with Crippen LogP contribution in [-0.2, 0) is 0 Å². The number of fused-ring (bicyclic) bond motifs is 1. The Morgan fingerprint density at radius 2 is 1.89 bits per heavy atom. The highest BCUT2D eigenvalue weighted by Crippen LogP contribution is 2.40. The summed E-state index contributed by atoms with van der Waals surface area (Å²) in [4.78, 5) is 16.0. The van der Waals surface area contributed by atoms with E-state index in [1.54, 1.807) is 13.0 Å². The van der Waals surface area contributed by atoms with Gasteiger partial charge in [0.25, 0.3) is 0 Å². The average molecular weight is 511 g/mol. The highest BCUT2D eigenvalue weighted by Gasteiger charge is 2.26. The normalized spacial score (nSPS) is 16.5. The maximum absolute atomic E-state index is 15.2. The fourth-order valence-corrected chi connectivity index (χ4v) is 4.67. The third-order valence-electron chi connectivity index (χ3n) is 6.78. The lowest BCUT2D eigenvalue weighted by atomic mass is 10.2. The van der Waals surface area contributed by atoms with Gasteiger partial charge in [-0.25, -0.2) is 8.78 Å². The van der Waals surface area contributed by atoms with E-state index in [-0.39, 0.29) is 29.3 Å². The lowest BCUT2D eigenvalue weighted by molar-refractivity contribution is 0.188. The third-order valence-corrected chi connectivity index (χ3v) is 6.78. The molecule has 1 aliphatic carbocycles. The first-order valence-electron chi connectivity index (χ1n) is 12.4. The van der Waals surface area contributed by atoms with Crippen LogP contribution in [-0.4, -0.2) is 74.5 Å². The second-order valence-electron chi connectivity index (χ2n) is 9.57. The number of aromatic amines is 2.